The van der Waals surface area contributed by atoms with Crippen molar-refractivity contribution in [2.24, 2.45) is 0 Å². The van der Waals surface area contributed by atoms with Crippen LogP contribution in [0.15, 0.2) is 116 Å². The van der Waals surface area contributed by atoms with E-state index in [0.717, 1.165) is 70.0 Å². The fraction of sp³-hybridized carbons (Fsp3) is 0.140. The molecule has 4 amide bonds. The van der Waals surface area contributed by atoms with E-state index in [0.29, 0.717) is 32.9 Å². The molecule has 5 aromatic carbocycles. The van der Waals surface area contributed by atoms with E-state index in [2.05, 4.69) is 36.6 Å². The number of nitrogens with two attached hydrogens (primary N) is 1. The van der Waals surface area contributed by atoms with Crippen LogP contribution in [0, 0.1) is 0 Å². The van der Waals surface area contributed by atoms with Crippen LogP contribution in [0.3, 0.4) is 0 Å². The second-order valence-electron chi connectivity index (χ2n) is 12.4. The Bertz CT molecular complexity index is 2510. The second-order valence-corrected chi connectivity index (χ2v) is 13.3. The molecule has 0 aliphatic carbocycles. The first-order chi connectivity index (χ1) is 27.9. The Morgan fingerprint density at radius 1 is 0.661 bits per heavy atom. The standard InChI is InChI=1S/C16H16ClN3O2.C16H14ClN3O2.C8H8N2.C2H4O2.CH4/c2*1-22-15-6-5-10(17)9-14(15)20-16(21)19-13-4-2-3-12-11(13)7-8-18-12;9-7-2-1-3-8-6(7)4-5-10-8;1-2(3)4;/h2-6,9,18H,7-8H2,1H3,(H2,19,20,21);2-9,18H,1H3,(H2,19,20,21);1-5,10H,9H2;1H3,(H,3,4);1H4. The number of carbonyl (C=O) groups excluding carboxylic acids is 2. The highest BCUT2D eigenvalue weighted by atomic mass is 35.5. The highest BCUT2D eigenvalue weighted by Crippen LogP contribution is 2.31. The Kier molecular flexibility index (Phi) is 16.3. The average molecular weight is 842 g/mol. The minimum Gasteiger partial charge on any atom is -0.495 e. The predicted octanol–water partition coefficient (Wildman–Crippen LogP) is 10.9. The summed E-state index contributed by atoms with van der Waals surface area (Å²) in [5.74, 6) is 0.263. The third kappa shape index (κ3) is 12.5. The fourth-order valence-corrected chi connectivity index (χ4v) is 6.22. The molecule has 0 fully saturated rings. The summed E-state index contributed by atoms with van der Waals surface area (Å²) < 4.78 is 10.4. The number of anilines is 6. The lowest BCUT2D eigenvalue weighted by molar-refractivity contribution is -0.134. The molecule has 0 saturated heterocycles. The summed E-state index contributed by atoms with van der Waals surface area (Å²) in [5.41, 5.74) is 13.3. The summed E-state index contributed by atoms with van der Waals surface area (Å²) in [7, 11) is 3.08. The van der Waals surface area contributed by atoms with Gasteiger partial charge in [-0.1, -0.05) is 48.8 Å². The Labute approximate surface area is 351 Å². The maximum absolute atomic E-state index is 12.2. The first-order valence-electron chi connectivity index (χ1n) is 17.7. The highest BCUT2D eigenvalue weighted by molar-refractivity contribution is 6.31. The summed E-state index contributed by atoms with van der Waals surface area (Å²) in [6, 6.07) is 30.6. The summed E-state index contributed by atoms with van der Waals surface area (Å²) in [6.07, 6.45) is 4.61. The number of fused-ring (bicyclic) bond motifs is 3. The molecule has 2 aromatic heterocycles. The minimum atomic E-state index is -0.833. The molecule has 0 saturated carbocycles. The third-order valence-electron chi connectivity index (χ3n) is 8.41. The van der Waals surface area contributed by atoms with Gasteiger partial charge in [0, 0.05) is 80.3 Å². The number of methoxy groups -OCH3 is 2. The van der Waals surface area contributed by atoms with Gasteiger partial charge in [-0.2, -0.15) is 0 Å². The molecule has 1 aliphatic heterocycles. The number of rotatable bonds is 6. The van der Waals surface area contributed by atoms with Crippen LogP contribution in [0.1, 0.15) is 19.9 Å². The lowest BCUT2D eigenvalue weighted by Crippen LogP contribution is -2.20. The van der Waals surface area contributed by atoms with Crippen LogP contribution < -0.4 is 41.8 Å². The van der Waals surface area contributed by atoms with Gasteiger partial charge in [0.1, 0.15) is 11.5 Å². The first kappa shape index (κ1) is 44.7. The zero-order valence-electron chi connectivity index (χ0n) is 31.7. The van der Waals surface area contributed by atoms with Gasteiger partial charge in [-0.25, -0.2) is 9.59 Å². The Balaban J connectivity index is 0.000000195. The highest BCUT2D eigenvalue weighted by Gasteiger charge is 2.16. The van der Waals surface area contributed by atoms with E-state index >= 15 is 0 Å². The van der Waals surface area contributed by atoms with Crippen LogP contribution in [-0.4, -0.2) is 53.9 Å². The van der Waals surface area contributed by atoms with Crippen molar-refractivity contribution in [2.45, 2.75) is 20.8 Å². The molecule has 59 heavy (non-hydrogen) atoms. The van der Waals surface area contributed by atoms with Gasteiger partial charge in [0.15, 0.2) is 0 Å². The number of amides is 4. The monoisotopic (exact) mass is 840 g/mol. The number of aromatic amines is 2. The SMILES string of the molecule is C.CC(=O)O.COc1ccc(Cl)cc1NC(=O)Nc1cccc2[nH]ccc12.COc1ccc(Cl)cc1NC(=O)Nc1cccc2c1CCN2.Nc1cccc2[nH]ccc12. The molecule has 16 heteroatoms. The topological polar surface area (TPSA) is 208 Å². The molecule has 3 heterocycles. The van der Waals surface area contributed by atoms with Crippen LogP contribution in [-0.2, 0) is 11.2 Å². The largest absolute Gasteiger partial charge is 0.495 e. The average Bonchev–Trinajstić information content (AvgIpc) is 3.98. The molecule has 10 N–H and O–H groups in total. The fourth-order valence-electron chi connectivity index (χ4n) is 5.87. The molecule has 0 unspecified atom stereocenters. The maximum atomic E-state index is 12.2. The molecule has 0 radical (unpaired) electrons. The van der Waals surface area contributed by atoms with E-state index in [-0.39, 0.29) is 19.5 Å². The number of carboxylic acids is 1. The first-order valence-corrected chi connectivity index (χ1v) is 18.5. The van der Waals surface area contributed by atoms with Crippen LogP contribution in [0.2, 0.25) is 10.0 Å². The van der Waals surface area contributed by atoms with Crippen molar-refractivity contribution in [1.29, 1.82) is 0 Å². The molecule has 0 spiro atoms. The van der Waals surface area contributed by atoms with Crippen molar-refractivity contribution >= 4 is 97.2 Å². The molecule has 0 atom stereocenters. The molecular formula is C43H46Cl2N8O6. The van der Waals surface area contributed by atoms with Gasteiger partial charge < -0.3 is 56.9 Å². The number of halogens is 2. The van der Waals surface area contributed by atoms with Crippen molar-refractivity contribution < 1.29 is 29.0 Å². The van der Waals surface area contributed by atoms with E-state index in [1.54, 1.807) is 43.5 Å². The van der Waals surface area contributed by atoms with Gasteiger partial charge in [-0.3, -0.25) is 4.79 Å². The third-order valence-corrected chi connectivity index (χ3v) is 8.88. The van der Waals surface area contributed by atoms with E-state index in [1.807, 2.05) is 79.1 Å². The number of benzene rings is 5. The molecule has 1 aliphatic rings. The molecule has 0 bridgehead atoms. The Hall–Kier alpha value is -7.03. The van der Waals surface area contributed by atoms with Crippen LogP contribution >= 0.6 is 23.2 Å². The van der Waals surface area contributed by atoms with E-state index in [1.165, 1.54) is 7.11 Å². The number of hydrogen-bond acceptors (Lipinski definition) is 7. The van der Waals surface area contributed by atoms with Gasteiger partial charge in [-0.15, -0.1) is 0 Å². The van der Waals surface area contributed by atoms with Gasteiger partial charge in [0.25, 0.3) is 5.97 Å². The number of hydrogen-bond donors (Lipinski definition) is 9. The van der Waals surface area contributed by atoms with Crippen molar-refractivity contribution in [3.8, 4) is 11.5 Å². The van der Waals surface area contributed by atoms with Crippen LogP contribution in [0.5, 0.6) is 11.5 Å². The van der Waals surface area contributed by atoms with Gasteiger partial charge in [0.2, 0.25) is 0 Å². The number of ether oxygens (including phenoxy) is 2. The summed E-state index contributed by atoms with van der Waals surface area (Å²) >= 11 is 11.9. The molecule has 8 rings (SSSR count). The lowest BCUT2D eigenvalue weighted by Gasteiger charge is -2.13. The van der Waals surface area contributed by atoms with Crippen molar-refractivity contribution in [2.75, 3.05) is 53.1 Å². The minimum absolute atomic E-state index is 0. The predicted molar refractivity (Wildman–Crippen MR) is 241 cm³/mol. The molecular weight excluding hydrogens is 795 g/mol. The number of nitrogens with one attached hydrogen (secondary N) is 7. The molecule has 7 aromatic rings. The van der Waals surface area contributed by atoms with E-state index in [9.17, 15) is 9.59 Å². The number of aliphatic carboxylic acids is 1. The molecule has 308 valence electrons. The Morgan fingerprint density at radius 3 is 1.69 bits per heavy atom. The van der Waals surface area contributed by atoms with E-state index in [4.69, 9.17) is 48.3 Å². The zero-order chi connectivity index (χ0) is 41.6. The maximum Gasteiger partial charge on any atom is 0.323 e. The number of aromatic nitrogens is 2. The zero-order valence-corrected chi connectivity index (χ0v) is 33.2. The number of H-pyrrole nitrogens is 2. The van der Waals surface area contributed by atoms with E-state index < -0.39 is 5.97 Å². The summed E-state index contributed by atoms with van der Waals surface area (Å²) in [4.78, 5) is 39.6. The number of carboxylic acid groups (broad SMARTS) is 1. The van der Waals surface area contributed by atoms with Gasteiger partial charge >= 0.3 is 12.1 Å². The quantitative estimate of drug-likeness (QED) is 0.0734. The molecule has 14 nitrogen and oxygen atoms in total. The van der Waals surface area contributed by atoms with Crippen LogP contribution in [0.25, 0.3) is 21.8 Å². The van der Waals surface area contributed by atoms with Gasteiger partial charge in [0.05, 0.1) is 31.3 Å². The van der Waals surface area contributed by atoms with Crippen LogP contribution in [0.4, 0.5) is 43.7 Å². The van der Waals surface area contributed by atoms with Crippen molar-refractivity contribution in [3.05, 3.63) is 131 Å². The lowest BCUT2D eigenvalue weighted by atomic mass is 10.1. The van der Waals surface area contributed by atoms with Crippen molar-refractivity contribution in [1.82, 2.24) is 9.97 Å². The summed E-state index contributed by atoms with van der Waals surface area (Å²) in [6.45, 7) is 1.97. The normalized spacial score (nSPS) is 10.7. The van der Waals surface area contributed by atoms with Gasteiger partial charge in [-0.05, 0) is 91.3 Å². The number of carbonyl (C=O) groups is 3. The Morgan fingerprint density at radius 2 is 1.14 bits per heavy atom. The van der Waals surface area contributed by atoms with Crippen molar-refractivity contribution in [3.63, 3.8) is 0 Å². The summed E-state index contributed by atoms with van der Waals surface area (Å²) in [5, 5.41) is 25.0. The number of nitrogen functional groups attached to an aromatic ring is 1. The second kappa shape index (κ2) is 21.5. The smallest absolute Gasteiger partial charge is 0.323 e. The number of urea groups is 2.